The lowest BCUT2D eigenvalue weighted by molar-refractivity contribution is -0.154. The SMILES string of the molecule is CO/N=C(\C(=O)N[C@@H]1C(=O)N2C(C(=O)OC(c3ccccc3)c3ccccc3)=C(COC(C)=O)CS[C@@H]12)c1coc(N)n1. The van der Waals surface area contributed by atoms with Crippen molar-refractivity contribution < 1.29 is 37.9 Å². The zero-order valence-corrected chi connectivity index (χ0v) is 23.9. The normalized spacial score (nSPS) is 18.1. The fourth-order valence-corrected chi connectivity index (χ4v) is 5.95. The third-order valence-corrected chi connectivity index (χ3v) is 7.91. The van der Waals surface area contributed by atoms with Crippen LogP contribution < -0.4 is 11.1 Å². The molecule has 0 spiro atoms. The van der Waals surface area contributed by atoms with Gasteiger partial charge in [-0.05, 0) is 11.1 Å². The summed E-state index contributed by atoms with van der Waals surface area (Å²) in [5.74, 6) is -2.41. The van der Waals surface area contributed by atoms with E-state index in [0.29, 0.717) is 5.57 Å². The molecule has 0 saturated carbocycles. The number of anilines is 1. The summed E-state index contributed by atoms with van der Waals surface area (Å²) in [5.41, 5.74) is 7.10. The fourth-order valence-electron chi connectivity index (χ4n) is 4.62. The number of oxazole rings is 1. The van der Waals surface area contributed by atoms with Crippen molar-refractivity contribution >= 4 is 47.2 Å². The van der Waals surface area contributed by atoms with Gasteiger partial charge in [-0.1, -0.05) is 65.8 Å². The van der Waals surface area contributed by atoms with Gasteiger partial charge in [0.15, 0.2) is 11.8 Å². The van der Waals surface area contributed by atoms with Crippen LogP contribution in [0.4, 0.5) is 6.01 Å². The standard InChI is InChI=1S/C29H27N5O8S/c1-16(35)40-13-19-15-43-27-22(32-25(36)21(33-39-2)20-14-41-29(30)31-20)26(37)34(27)23(19)28(38)42-24(17-9-5-3-6-10-17)18-11-7-4-8-12-18/h3-12,14,22,24,27H,13,15H2,1-2H3,(H2,30,31)(H,32,36)/b33-21-/t22-,27+/m1/s1. The van der Waals surface area contributed by atoms with Crippen molar-refractivity contribution in [2.45, 2.75) is 24.4 Å². The van der Waals surface area contributed by atoms with Crippen molar-refractivity contribution in [3.8, 4) is 0 Å². The maximum Gasteiger partial charge on any atom is 0.356 e. The predicted molar refractivity (Wildman–Crippen MR) is 154 cm³/mol. The summed E-state index contributed by atoms with van der Waals surface area (Å²) >= 11 is 1.29. The molecule has 1 fully saturated rings. The van der Waals surface area contributed by atoms with Gasteiger partial charge in [0.05, 0.1) is 0 Å². The van der Waals surface area contributed by atoms with Crippen LogP contribution in [0.15, 0.2) is 87.8 Å². The first-order valence-corrected chi connectivity index (χ1v) is 14.1. The van der Waals surface area contributed by atoms with Crippen LogP contribution >= 0.6 is 11.8 Å². The molecule has 5 rings (SSSR count). The molecule has 0 bridgehead atoms. The molecule has 13 nitrogen and oxygen atoms in total. The van der Waals surface area contributed by atoms with E-state index in [0.717, 1.165) is 17.4 Å². The van der Waals surface area contributed by atoms with E-state index in [1.807, 2.05) is 60.7 Å². The number of nitrogens with one attached hydrogen (secondary N) is 1. The summed E-state index contributed by atoms with van der Waals surface area (Å²) in [4.78, 5) is 62.0. The predicted octanol–water partition coefficient (Wildman–Crippen LogP) is 2.16. The number of fused-ring (bicyclic) bond motifs is 1. The van der Waals surface area contributed by atoms with Crippen molar-refractivity contribution in [1.29, 1.82) is 0 Å². The quantitative estimate of drug-likeness (QED) is 0.150. The van der Waals surface area contributed by atoms with Gasteiger partial charge in [0, 0.05) is 18.2 Å². The van der Waals surface area contributed by atoms with Crippen molar-refractivity contribution in [1.82, 2.24) is 15.2 Å². The Balaban J connectivity index is 1.41. The molecule has 0 aliphatic carbocycles. The van der Waals surface area contributed by atoms with Gasteiger partial charge >= 0.3 is 11.9 Å². The number of carbonyl (C=O) groups excluding carboxylic acids is 4. The molecule has 3 aromatic rings. The lowest BCUT2D eigenvalue weighted by Gasteiger charge is -2.49. The number of thioether (sulfide) groups is 1. The second-order valence-corrected chi connectivity index (χ2v) is 10.5. The molecule has 2 amide bonds. The first kappa shape index (κ1) is 29.4. The van der Waals surface area contributed by atoms with E-state index in [9.17, 15) is 19.2 Å². The van der Waals surface area contributed by atoms with E-state index < -0.39 is 41.3 Å². The lowest BCUT2D eigenvalue weighted by atomic mass is 10.0. The molecule has 2 aliphatic heterocycles. The van der Waals surface area contributed by atoms with Gasteiger partial charge in [-0.2, -0.15) is 4.98 Å². The van der Waals surface area contributed by atoms with Gasteiger partial charge in [-0.25, -0.2) is 4.79 Å². The highest BCUT2D eigenvalue weighted by molar-refractivity contribution is 8.00. The average molecular weight is 606 g/mol. The number of aromatic nitrogens is 1. The highest BCUT2D eigenvalue weighted by Gasteiger charge is 2.55. The Hall–Kier alpha value is -5.11. The minimum absolute atomic E-state index is 0.0115. The Morgan fingerprint density at radius 3 is 2.35 bits per heavy atom. The number of oxime groups is 1. The van der Waals surface area contributed by atoms with Gasteiger partial charge < -0.3 is 29.8 Å². The van der Waals surface area contributed by atoms with Gasteiger partial charge in [0.2, 0.25) is 0 Å². The minimum Gasteiger partial charge on any atom is -0.461 e. The number of nitrogens with zero attached hydrogens (tertiary/aromatic N) is 3. The fraction of sp³-hybridized carbons (Fsp3) is 0.241. The Morgan fingerprint density at radius 2 is 1.79 bits per heavy atom. The molecule has 222 valence electrons. The van der Waals surface area contributed by atoms with E-state index in [2.05, 4.69) is 15.5 Å². The van der Waals surface area contributed by atoms with Gasteiger partial charge in [-0.15, -0.1) is 11.8 Å². The summed E-state index contributed by atoms with van der Waals surface area (Å²) < 4.78 is 16.2. The number of β-lactam (4-membered cyclic amide) rings is 1. The molecule has 0 unspecified atom stereocenters. The summed E-state index contributed by atoms with van der Waals surface area (Å²) in [6.45, 7) is 1.04. The van der Waals surface area contributed by atoms with E-state index in [4.69, 9.17) is 24.5 Å². The molecule has 1 saturated heterocycles. The highest BCUT2D eigenvalue weighted by Crippen LogP contribution is 2.41. The van der Waals surface area contributed by atoms with Crippen LogP contribution in [0.3, 0.4) is 0 Å². The first-order chi connectivity index (χ1) is 20.8. The number of ether oxygens (including phenoxy) is 2. The number of esters is 2. The zero-order valence-electron chi connectivity index (χ0n) is 23.1. The van der Waals surface area contributed by atoms with E-state index in [1.165, 1.54) is 30.7 Å². The molecule has 3 heterocycles. The molecular formula is C29H27N5O8S. The van der Waals surface area contributed by atoms with Crippen LogP contribution in [0, 0.1) is 0 Å². The van der Waals surface area contributed by atoms with E-state index in [-0.39, 0.29) is 35.5 Å². The second kappa shape index (κ2) is 12.8. The molecule has 0 radical (unpaired) electrons. The maximum absolute atomic E-state index is 13.9. The molecule has 2 atom stereocenters. The first-order valence-electron chi connectivity index (χ1n) is 13.0. The number of carbonyl (C=O) groups is 4. The van der Waals surface area contributed by atoms with Crippen LogP contribution in [0.1, 0.15) is 29.8 Å². The second-order valence-electron chi connectivity index (χ2n) is 9.39. The monoisotopic (exact) mass is 605 g/mol. The zero-order chi connectivity index (χ0) is 30.5. The molecule has 3 N–H and O–H groups in total. The van der Waals surface area contributed by atoms with Crippen molar-refractivity contribution in [3.63, 3.8) is 0 Å². The number of amides is 2. The van der Waals surface area contributed by atoms with Gasteiger partial charge in [0.1, 0.15) is 42.8 Å². The number of hydrogen-bond acceptors (Lipinski definition) is 12. The van der Waals surface area contributed by atoms with Crippen LogP contribution in [0.25, 0.3) is 0 Å². The van der Waals surface area contributed by atoms with Crippen molar-refractivity contribution in [2.75, 3.05) is 25.2 Å². The number of rotatable bonds is 10. The molecular weight excluding hydrogens is 578 g/mol. The minimum atomic E-state index is -1.01. The van der Waals surface area contributed by atoms with Gasteiger partial charge in [0.25, 0.3) is 17.8 Å². The highest BCUT2D eigenvalue weighted by atomic mass is 32.2. The average Bonchev–Trinajstić information content (AvgIpc) is 3.45. The van der Waals surface area contributed by atoms with Crippen LogP contribution in [0.2, 0.25) is 0 Å². The Labute approximate surface area is 250 Å². The summed E-state index contributed by atoms with van der Waals surface area (Å²) in [6, 6.07) is 17.2. The van der Waals surface area contributed by atoms with Crippen molar-refractivity contribution in [3.05, 3.63) is 95.0 Å². The lowest BCUT2D eigenvalue weighted by Crippen LogP contribution is -2.71. The largest absolute Gasteiger partial charge is 0.461 e. The van der Waals surface area contributed by atoms with E-state index >= 15 is 0 Å². The third-order valence-electron chi connectivity index (χ3n) is 6.57. The summed E-state index contributed by atoms with van der Waals surface area (Å²) in [6.07, 6.45) is 0.352. The van der Waals surface area contributed by atoms with Gasteiger partial charge in [-0.3, -0.25) is 19.3 Å². The third kappa shape index (κ3) is 6.23. The summed E-state index contributed by atoms with van der Waals surface area (Å²) in [7, 11) is 1.25. The van der Waals surface area contributed by atoms with Crippen LogP contribution in [-0.4, -0.2) is 70.2 Å². The Bertz CT molecular complexity index is 1550. The molecule has 43 heavy (non-hydrogen) atoms. The molecule has 2 aromatic carbocycles. The number of nitrogen functional groups attached to an aromatic ring is 1. The van der Waals surface area contributed by atoms with Crippen LogP contribution in [-0.2, 0) is 33.5 Å². The van der Waals surface area contributed by atoms with Crippen LogP contribution in [0.5, 0.6) is 0 Å². The maximum atomic E-state index is 13.9. The van der Waals surface area contributed by atoms with Crippen molar-refractivity contribution in [2.24, 2.45) is 5.16 Å². The molecule has 14 heteroatoms. The number of benzene rings is 2. The molecule has 2 aliphatic rings. The Morgan fingerprint density at radius 1 is 1.14 bits per heavy atom. The topological polar surface area (TPSA) is 176 Å². The smallest absolute Gasteiger partial charge is 0.356 e. The van der Waals surface area contributed by atoms with E-state index in [1.54, 1.807) is 0 Å². The summed E-state index contributed by atoms with van der Waals surface area (Å²) in [5, 5.41) is 5.67. The number of hydrogen-bond donors (Lipinski definition) is 2. The number of nitrogens with two attached hydrogens (primary N) is 1. The molecule has 1 aromatic heterocycles. The Kier molecular flexibility index (Phi) is 8.76.